The Labute approximate surface area is 123 Å². The Hall–Kier alpha value is -2.34. The highest BCUT2D eigenvalue weighted by Gasteiger charge is 2.59. The van der Waals surface area contributed by atoms with Crippen LogP contribution in [0.15, 0.2) is 48.7 Å². The number of piperidine rings is 1. The van der Waals surface area contributed by atoms with Gasteiger partial charge in [0.25, 0.3) is 0 Å². The summed E-state index contributed by atoms with van der Waals surface area (Å²) in [6.45, 7) is 1.95. The molecule has 2 heterocycles. The SMILES string of the molecule is Fc1ccc(N2CC3C[C@]3(C#Cc3ccccn3)C2)cc1. The van der Waals surface area contributed by atoms with E-state index in [-0.39, 0.29) is 11.2 Å². The zero-order valence-electron chi connectivity index (χ0n) is 11.6. The first-order valence-electron chi connectivity index (χ1n) is 7.20. The molecule has 2 fully saturated rings. The van der Waals surface area contributed by atoms with Crippen LogP contribution in [0.3, 0.4) is 0 Å². The first-order chi connectivity index (χ1) is 10.3. The summed E-state index contributed by atoms with van der Waals surface area (Å²) in [5, 5.41) is 0. The average Bonchev–Trinajstić information content (AvgIpc) is 3.08. The van der Waals surface area contributed by atoms with Gasteiger partial charge in [-0.2, -0.15) is 0 Å². The second-order valence-corrected chi connectivity index (χ2v) is 5.88. The fourth-order valence-corrected chi connectivity index (χ4v) is 3.15. The quantitative estimate of drug-likeness (QED) is 0.745. The molecule has 4 rings (SSSR count). The monoisotopic (exact) mass is 278 g/mol. The fourth-order valence-electron chi connectivity index (χ4n) is 3.15. The van der Waals surface area contributed by atoms with Crippen molar-refractivity contribution in [2.45, 2.75) is 6.42 Å². The van der Waals surface area contributed by atoms with Crippen molar-refractivity contribution in [3.05, 3.63) is 60.2 Å². The van der Waals surface area contributed by atoms with Gasteiger partial charge < -0.3 is 4.90 Å². The zero-order valence-corrected chi connectivity index (χ0v) is 11.6. The molecule has 1 saturated heterocycles. The maximum absolute atomic E-state index is 13.0. The second kappa shape index (κ2) is 4.60. The molecule has 1 aromatic heterocycles. The molecule has 104 valence electrons. The molecule has 0 radical (unpaired) electrons. The van der Waals surface area contributed by atoms with Crippen LogP contribution in [-0.2, 0) is 0 Å². The number of benzene rings is 1. The molecule has 0 spiro atoms. The lowest BCUT2D eigenvalue weighted by molar-refractivity contribution is 0.627. The molecule has 2 atom stereocenters. The lowest BCUT2D eigenvalue weighted by Crippen LogP contribution is -2.24. The molecule has 2 aliphatic rings. The van der Waals surface area contributed by atoms with Crippen LogP contribution in [0.25, 0.3) is 0 Å². The number of aromatic nitrogens is 1. The van der Waals surface area contributed by atoms with E-state index in [1.54, 1.807) is 6.20 Å². The van der Waals surface area contributed by atoms with Crippen LogP contribution in [-0.4, -0.2) is 18.1 Å². The number of nitrogens with zero attached hydrogens (tertiary/aromatic N) is 2. The van der Waals surface area contributed by atoms with E-state index in [1.165, 1.54) is 18.6 Å². The molecule has 1 unspecified atom stereocenters. The normalized spacial score (nSPS) is 26.0. The number of anilines is 1. The van der Waals surface area contributed by atoms with E-state index >= 15 is 0 Å². The third-order valence-electron chi connectivity index (χ3n) is 4.44. The molecule has 2 nitrogen and oxygen atoms in total. The molecular weight excluding hydrogens is 263 g/mol. The van der Waals surface area contributed by atoms with Crippen molar-refractivity contribution in [3.63, 3.8) is 0 Å². The lowest BCUT2D eigenvalue weighted by atomic mass is 10.1. The minimum Gasteiger partial charge on any atom is -0.370 e. The van der Waals surface area contributed by atoms with Crippen LogP contribution in [0.5, 0.6) is 0 Å². The Bertz CT molecular complexity index is 714. The fraction of sp³-hybridized carbons (Fsp3) is 0.278. The maximum atomic E-state index is 13.0. The molecule has 1 aliphatic carbocycles. The molecule has 3 heteroatoms. The number of pyridine rings is 1. The van der Waals surface area contributed by atoms with E-state index in [2.05, 4.69) is 21.7 Å². The molecular formula is C18H15FN2. The molecule has 1 aromatic carbocycles. The van der Waals surface area contributed by atoms with Crippen molar-refractivity contribution in [2.24, 2.45) is 11.3 Å². The van der Waals surface area contributed by atoms with Crippen LogP contribution in [0, 0.1) is 29.0 Å². The second-order valence-electron chi connectivity index (χ2n) is 5.88. The number of hydrogen-bond acceptors (Lipinski definition) is 2. The first-order valence-corrected chi connectivity index (χ1v) is 7.20. The summed E-state index contributed by atoms with van der Waals surface area (Å²) in [7, 11) is 0. The summed E-state index contributed by atoms with van der Waals surface area (Å²) >= 11 is 0. The number of hydrogen-bond donors (Lipinski definition) is 0. The van der Waals surface area contributed by atoms with Crippen molar-refractivity contribution in [2.75, 3.05) is 18.0 Å². The summed E-state index contributed by atoms with van der Waals surface area (Å²) in [6, 6.07) is 12.5. The largest absolute Gasteiger partial charge is 0.370 e. The average molecular weight is 278 g/mol. The van der Waals surface area contributed by atoms with Gasteiger partial charge in [-0.1, -0.05) is 12.0 Å². The van der Waals surface area contributed by atoms with Crippen LogP contribution in [0.2, 0.25) is 0 Å². The van der Waals surface area contributed by atoms with Gasteiger partial charge in [0, 0.05) is 25.0 Å². The van der Waals surface area contributed by atoms with Gasteiger partial charge >= 0.3 is 0 Å². The maximum Gasteiger partial charge on any atom is 0.123 e. The van der Waals surface area contributed by atoms with Crippen molar-refractivity contribution < 1.29 is 4.39 Å². The highest BCUT2D eigenvalue weighted by molar-refractivity contribution is 5.52. The van der Waals surface area contributed by atoms with Gasteiger partial charge in [0.05, 0.1) is 5.41 Å². The lowest BCUT2D eigenvalue weighted by Gasteiger charge is -2.21. The predicted octanol–water partition coefficient (Wildman–Crippen LogP) is 3.10. The predicted molar refractivity (Wildman–Crippen MR) is 80.3 cm³/mol. The minimum absolute atomic E-state index is 0.117. The van der Waals surface area contributed by atoms with Crippen LogP contribution in [0.1, 0.15) is 12.1 Å². The molecule has 1 saturated carbocycles. The van der Waals surface area contributed by atoms with Crippen molar-refractivity contribution >= 4 is 5.69 Å². The summed E-state index contributed by atoms with van der Waals surface area (Å²) in [5.74, 6) is 7.08. The van der Waals surface area contributed by atoms with E-state index in [1.807, 2.05) is 30.3 Å². The molecule has 0 amide bonds. The van der Waals surface area contributed by atoms with E-state index in [4.69, 9.17) is 0 Å². The first kappa shape index (κ1) is 12.4. The Balaban J connectivity index is 1.52. The Morgan fingerprint density at radius 2 is 2.05 bits per heavy atom. The highest BCUT2D eigenvalue weighted by Crippen LogP contribution is 2.57. The molecule has 1 aliphatic heterocycles. The molecule has 0 N–H and O–H groups in total. The third kappa shape index (κ3) is 2.27. The van der Waals surface area contributed by atoms with Crippen LogP contribution < -0.4 is 4.90 Å². The summed E-state index contributed by atoms with van der Waals surface area (Å²) in [5.41, 5.74) is 2.03. The minimum atomic E-state index is -0.187. The van der Waals surface area contributed by atoms with Crippen molar-refractivity contribution in [1.82, 2.24) is 4.98 Å². The standard InChI is InChI=1S/C18H15FN2/c19-15-4-6-17(7-5-15)21-12-14-11-18(14,13-21)9-8-16-3-1-2-10-20-16/h1-7,10,14H,11-13H2/t14?,18-/m1/s1. The van der Waals surface area contributed by atoms with Gasteiger partial charge in [0.2, 0.25) is 0 Å². The third-order valence-corrected chi connectivity index (χ3v) is 4.44. The van der Waals surface area contributed by atoms with Crippen LogP contribution in [0.4, 0.5) is 10.1 Å². The number of rotatable bonds is 1. The molecule has 2 aromatic rings. The number of fused-ring (bicyclic) bond motifs is 1. The Morgan fingerprint density at radius 1 is 1.19 bits per heavy atom. The summed E-state index contributed by atoms with van der Waals surface area (Å²) < 4.78 is 13.0. The van der Waals surface area contributed by atoms with E-state index in [9.17, 15) is 4.39 Å². The summed E-state index contributed by atoms with van der Waals surface area (Å²) in [6.07, 6.45) is 2.94. The smallest absolute Gasteiger partial charge is 0.123 e. The van der Waals surface area contributed by atoms with Crippen molar-refractivity contribution in [3.8, 4) is 11.8 Å². The van der Waals surface area contributed by atoms with E-state index in [0.717, 1.165) is 24.5 Å². The zero-order chi connectivity index (χ0) is 14.3. The van der Waals surface area contributed by atoms with Crippen molar-refractivity contribution in [1.29, 1.82) is 0 Å². The highest BCUT2D eigenvalue weighted by atomic mass is 19.1. The van der Waals surface area contributed by atoms with Gasteiger partial charge in [-0.15, -0.1) is 0 Å². The summed E-state index contributed by atoms with van der Waals surface area (Å²) in [4.78, 5) is 6.55. The Morgan fingerprint density at radius 3 is 2.81 bits per heavy atom. The van der Waals surface area contributed by atoms with Crippen LogP contribution >= 0.6 is 0 Å². The van der Waals surface area contributed by atoms with E-state index < -0.39 is 0 Å². The number of halogens is 1. The van der Waals surface area contributed by atoms with Gasteiger partial charge in [0.15, 0.2) is 0 Å². The van der Waals surface area contributed by atoms with Gasteiger partial charge in [-0.05, 0) is 54.7 Å². The molecule has 0 bridgehead atoms. The van der Waals surface area contributed by atoms with E-state index in [0.29, 0.717) is 5.92 Å². The topological polar surface area (TPSA) is 16.1 Å². The molecule has 21 heavy (non-hydrogen) atoms. The Kier molecular flexibility index (Phi) is 2.71. The van der Waals surface area contributed by atoms with Gasteiger partial charge in [-0.25, -0.2) is 9.37 Å². The van der Waals surface area contributed by atoms with Gasteiger partial charge in [-0.3, -0.25) is 0 Å². The van der Waals surface area contributed by atoms with Gasteiger partial charge in [0.1, 0.15) is 11.5 Å².